The van der Waals surface area contributed by atoms with E-state index in [9.17, 15) is 9.90 Å². The van der Waals surface area contributed by atoms with Gasteiger partial charge < -0.3 is 14.9 Å². The maximum atomic E-state index is 13.0. The summed E-state index contributed by atoms with van der Waals surface area (Å²) < 4.78 is 0. The van der Waals surface area contributed by atoms with E-state index in [1.807, 2.05) is 16.3 Å². The molecule has 128 valence electrons. The monoisotopic (exact) mass is 346 g/mol. The maximum absolute atomic E-state index is 13.0. The minimum Gasteiger partial charge on any atom is -0.396 e. The van der Waals surface area contributed by atoms with Crippen LogP contribution >= 0.6 is 11.3 Å². The van der Waals surface area contributed by atoms with Gasteiger partial charge in [-0.25, -0.2) is 9.97 Å². The first-order chi connectivity index (χ1) is 11.8. The summed E-state index contributed by atoms with van der Waals surface area (Å²) in [5.41, 5.74) is 0. The van der Waals surface area contributed by atoms with Crippen LogP contribution < -0.4 is 4.90 Å². The molecule has 0 radical (unpaired) electrons. The number of anilines is 1. The Morgan fingerprint density at radius 2 is 2.08 bits per heavy atom. The van der Waals surface area contributed by atoms with Crippen molar-refractivity contribution >= 4 is 33.3 Å². The number of carbonyl (C=O) groups is 1. The lowest BCUT2D eigenvalue weighted by atomic mass is 9.97. The highest BCUT2D eigenvalue weighted by molar-refractivity contribution is 7.16. The van der Waals surface area contributed by atoms with Crippen molar-refractivity contribution in [3.05, 3.63) is 17.8 Å². The zero-order chi connectivity index (χ0) is 16.5. The number of fused-ring (bicyclic) bond motifs is 1. The van der Waals surface area contributed by atoms with Gasteiger partial charge in [-0.3, -0.25) is 4.79 Å². The number of piperidine rings is 1. The number of nitrogens with zero attached hydrogens (tertiary/aromatic N) is 4. The average molecular weight is 346 g/mol. The number of aliphatic hydroxyl groups is 1. The van der Waals surface area contributed by atoms with Crippen molar-refractivity contribution in [2.45, 2.75) is 31.7 Å². The first-order valence-electron chi connectivity index (χ1n) is 8.62. The molecule has 24 heavy (non-hydrogen) atoms. The van der Waals surface area contributed by atoms with E-state index in [1.165, 1.54) is 0 Å². The molecular weight excluding hydrogens is 324 g/mol. The summed E-state index contributed by atoms with van der Waals surface area (Å²) in [6.07, 6.45) is 5.29. The highest BCUT2D eigenvalue weighted by Gasteiger charge is 2.36. The molecule has 0 aliphatic carbocycles. The Morgan fingerprint density at radius 1 is 1.25 bits per heavy atom. The predicted molar refractivity (Wildman–Crippen MR) is 94.2 cm³/mol. The number of aromatic nitrogens is 2. The number of likely N-dealkylation sites (tertiary alicyclic amines) is 1. The van der Waals surface area contributed by atoms with E-state index >= 15 is 0 Å². The summed E-state index contributed by atoms with van der Waals surface area (Å²) >= 11 is 1.60. The molecule has 2 aromatic heterocycles. The van der Waals surface area contributed by atoms with Crippen LogP contribution in [-0.2, 0) is 4.79 Å². The third kappa shape index (κ3) is 2.75. The third-order valence-corrected chi connectivity index (χ3v) is 6.06. The molecule has 1 N–H and O–H groups in total. The van der Waals surface area contributed by atoms with Crippen molar-refractivity contribution in [2.24, 2.45) is 5.92 Å². The van der Waals surface area contributed by atoms with E-state index in [0.717, 1.165) is 61.4 Å². The van der Waals surface area contributed by atoms with Crippen molar-refractivity contribution in [1.29, 1.82) is 0 Å². The van der Waals surface area contributed by atoms with Crippen LogP contribution in [0.4, 0.5) is 5.82 Å². The first-order valence-corrected chi connectivity index (χ1v) is 9.50. The number of rotatable bonds is 3. The molecule has 1 unspecified atom stereocenters. The molecule has 0 saturated carbocycles. The van der Waals surface area contributed by atoms with Crippen LogP contribution in [0, 0.1) is 5.92 Å². The van der Waals surface area contributed by atoms with Gasteiger partial charge in [0, 0.05) is 26.2 Å². The smallest absolute Gasteiger partial charge is 0.245 e. The van der Waals surface area contributed by atoms with Gasteiger partial charge in [0.15, 0.2) is 0 Å². The summed E-state index contributed by atoms with van der Waals surface area (Å²) in [6, 6.07) is 1.93. The van der Waals surface area contributed by atoms with E-state index in [2.05, 4.69) is 14.9 Å². The first kappa shape index (κ1) is 15.8. The lowest BCUT2D eigenvalue weighted by Gasteiger charge is -2.35. The third-order valence-electron chi connectivity index (χ3n) is 5.24. The van der Waals surface area contributed by atoms with Gasteiger partial charge in [-0.2, -0.15) is 0 Å². The second-order valence-corrected chi connectivity index (χ2v) is 7.53. The molecule has 6 nitrogen and oxygen atoms in total. The number of carbonyl (C=O) groups excluding carboxylic acids is 1. The summed E-state index contributed by atoms with van der Waals surface area (Å²) in [5, 5.41) is 12.3. The fraction of sp³-hybridized carbons (Fsp3) is 0.588. The molecule has 4 rings (SSSR count). The number of thiophene rings is 1. The summed E-state index contributed by atoms with van der Waals surface area (Å²) in [5.74, 6) is 1.45. The van der Waals surface area contributed by atoms with Gasteiger partial charge in [0.2, 0.25) is 5.91 Å². The molecule has 2 aromatic rings. The lowest BCUT2D eigenvalue weighted by molar-refractivity contribution is -0.134. The molecule has 0 aromatic carbocycles. The highest BCUT2D eigenvalue weighted by Crippen LogP contribution is 2.32. The van der Waals surface area contributed by atoms with Crippen LogP contribution in [0.2, 0.25) is 0 Å². The number of hydrogen-bond donors (Lipinski definition) is 1. The van der Waals surface area contributed by atoms with Crippen LogP contribution in [0.15, 0.2) is 17.8 Å². The van der Waals surface area contributed by atoms with E-state index < -0.39 is 0 Å². The Kier molecular flexibility index (Phi) is 4.37. The Labute approximate surface area is 145 Å². The number of hydrogen-bond acceptors (Lipinski definition) is 6. The van der Waals surface area contributed by atoms with Crippen LogP contribution in [0.5, 0.6) is 0 Å². The maximum Gasteiger partial charge on any atom is 0.245 e. The van der Waals surface area contributed by atoms with Gasteiger partial charge in [0.25, 0.3) is 0 Å². The highest BCUT2D eigenvalue weighted by atomic mass is 32.1. The zero-order valence-electron chi connectivity index (χ0n) is 13.6. The normalized spacial score (nSPS) is 22.5. The molecule has 1 amide bonds. The van der Waals surface area contributed by atoms with Gasteiger partial charge in [-0.15, -0.1) is 11.3 Å². The van der Waals surface area contributed by atoms with E-state index in [4.69, 9.17) is 0 Å². The fourth-order valence-corrected chi connectivity index (χ4v) is 4.56. The Hall–Kier alpha value is -1.73. The molecule has 0 bridgehead atoms. The molecular formula is C17H22N4O2S. The van der Waals surface area contributed by atoms with E-state index in [1.54, 1.807) is 17.7 Å². The largest absolute Gasteiger partial charge is 0.396 e. The minimum atomic E-state index is -0.117. The van der Waals surface area contributed by atoms with Gasteiger partial charge in [0.1, 0.15) is 23.0 Å². The van der Waals surface area contributed by atoms with Crippen molar-refractivity contribution in [2.75, 3.05) is 31.1 Å². The van der Waals surface area contributed by atoms with Gasteiger partial charge in [-0.05, 0) is 43.0 Å². The molecule has 4 heterocycles. The Balaban J connectivity index is 1.55. The quantitative estimate of drug-likeness (QED) is 0.919. The standard InChI is InChI=1S/C17H22N4O2S/c22-10-12-3-7-20(8-4-12)17(23)14-2-1-6-21(14)15-13-5-9-24-16(13)19-11-18-15/h5,9,11-12,14,22H,1-4,6-8,10H2. The molecule has 1 atom stereocenters. The van der Waals surface area contributed by atoms with E-state index in [0.29, 0.717) is 5.92 Å². The zero-order valence-corrected chi connectivity index (χ0v) is 14.4. The van der Waals surface area contributed by atoms with Crippen molar-refractivity contribution in [1.82, 2.24) is 14.9 Å². The summed E-state index contributed by atoms with van der Waals surface area (Å²) in [7, 11) is 0. The second-order valence-electron chi connectivity index (χ2n) is 6.64. The topological polar surface area (TPSA) is 69.6 Å². The van der Waals surface area contributed by atoms with Crippen LogP contribution in [0.25, 0.3) is 10.2 Å². The molecule has 7 heteroatoms. The summed E-state index contributed by atoms with van der Waals surface area (Å²) in [4.78, 5) is 26.9. The fourth-order valence-electron chi connectivity index (χ4n) is 3.83. The molecule has 0 spiro atoms. The average Bonchev–Trinajstić information content (AvgIpc) is 3.30. The SMILES string of the molecule is O=C(C1CCCN1c1ncnc2sccc12)N1CCC(CO)CC1. The van der Waals surface area contributed by atoms with Crippen LogP contribution in [0.3, 0.4) is 0 Å². The molecule has 2 saturated heterocycles. The summed E-state index contributed by atoms with van der Waals surface area (Å²) in [6.45, 7) is 2.61. The van der Waals surface area contributed by atoms with Crippen LogP contribution in [-0.4, -0.2) is 58.2 Å². The molecule has 2 fully saturated rings. The van der Waals surface area contributed by atoms with Gasteiger partial charge >= 0.3 is 0 Å². The van der Waals surface area contributed by atoms with Crippen molar-refractivity contribution < 1.29 is 9.90 Å². The predicted octanol–water partition coefficient (Wildman–Crippen LogP) is 1.89. The molecule has 2 aliphatic heterocycles. The van der Waals surface area contributed by atoms with E-state index in [-0.39, 0.29) is 18.6 Å². The lowest BCUT2D eigenvalue weighted by Crippen LogP contribution is -2.49. The van der Waals surface area contributed by atoms with Gasteiger partial charge in [-0.1, -0.05) is 0 Å². The second kappa shape index (κ2) is 6.64. The Bertz CT molecular complexity index is 726. The molecule has 2 aliphatic rings. The van der Waals surface area contributed by atoms with Crippen molar-refractivity contribution in [3.63, 3.8) is 0 Å². The minimum absolute atomic E-state index is 0.117. The van der Waals surface area contributed by atoms with Crippen molar-refractivity contribution in [3.8, 4) is 0 Å². The number of amides is 1. The van der Waals surface area contributed by atoms with Crippen LogP contribution in [0.1, 0.15) is 25.7 Å². The Morgan fingerprint density at radius 3 is 2.88 bits per heavy atom. The van der Waals surface area contributed by atoms with Gasteiger partial charge in [0.05, 0.1) is 5.39 Å². The number of aliphatic hydroxyl groups excluding tert-OH is 1.